The smallest absolute Gasteiger partial charge is 0.253 e. The number of carbonyl (C=O) groups excluding carboxylic acids is 2. The van der Waals surface area contributed by atoms with E-state index in [9.17, 15) is 9.59 Å². The molecule has 2 amide bonds. The van der Waals surface area contributed by atoms with Crippen molar-refractivity contribution in [3.05, 3.63) is 0 Å². The van der Waals surface area contributed by atoms with Crippen LogP contribution in [-0.4, -0.2) is 22.5 Å². The second-order valence-corrected chi connectivity index (χ2v) is 4.89. The largest absolute Gasteiger partial charge is 0.272 e. The summed E-state index contributed by atoms with van der Waals surface area (Å²) in [7, 11) is 0. The quantitative estimate of drug-likeness (QED) is 0.678. The molecule has 0 atom stereocenters. The molecular weight excluding hydrogens is 206 g/mol. The Balaban J connectivity index is 2.56. The fourth-order valence-electron chi connectivity index (χ4n) is 1.73. The maximum atomic E-state index is 11.5. The third-order valence-electron chi connectivity index (χ3n) is 2.71. The van der Waals surface area contributed by atoms with Crippen LogP contribution < -0.4 is 0 Å². The molecule has 0 bridgehead atoms. The predicted octanol–water partition coefficient (Wildman–Crippen LogP) is 2.43. The monoisotopic (exact) mass is 227 g/mol. The van der Waals surface area contributed by atoms with Gasteiger partial charge in [-0.2, -0.15) is 5.06 Å². The van der Waals surface area contributed by atoms with E-state index in [4.69, 9.17) is 4.84 Å². The summed E-state index contributed by atoms with van der Waals surface area (Å²) in [6.07, 6.45) is 4.43. The topological polar surface area (TPSA) is 46.6 Å². The summed E-state index contributed by atoms with van der Waals surface area (Å²) in [4.78, 5) is 28.6. The highest BCUT2D eigenvalue weighted by molar-refractivity contribution is 5.96. The number of unbranched alkanes of at least 4 members (excludes halogenated alkanes) is 1. The first kappa shape index (κ1) is 13.2. The minimum Gasteiger partial charge on any atom is -0.272 e. The lowest BCUT2D eigenvalue weighted by Crippen LogP contribution is -2.45. The number of hydrogen-bond donors (Lipinski definition) is 0. The van der Waals surface area contributed by atoms with Gasteiger partial charge in [0.05, 0.1) is 5.60 Å². The van der Waals surface area contributed by atoms with E-state index < -0.39 is 5.60 Å². The van der Waals surface area contributed by atoms with Gasteiger partial charge in [-0.25, -0.2) is 0 Å². The van der Waals surface area contributed by atoms with Crippen molar-refractivity contribution >= 4 is 11.8 Å². The molecule has 92 valence electrons. The van der Waals surface area contributed by atoms with E-state index in [-0.39, 0.29) is 11.8 Å². The average Bonchev–Trinajstić information content (AvgIpc) is 2.21. The molecule has 0 spiro atoms. The van der Waals surface area contributed by atoms with Crippen LogP contribution in [0.5, 0.6) is 0 Å². The van der Waals surface area contributed by atoms with Gasteiger partial charge in [0, 0.05) is 12.8 Å². The summed E-state index contributed by atoms with van der Waals surface area (Å²) in [5.41, 5.74) is -0.446. The van der Waals surface area contributed by atoms with Gasteiger partial charge in [-0.1, -0.05) is 19.8 Å². The third kappa shape index (κ3) is 3.59. The highest BCUT2D eigenvalue weighted by Gasteiger charge is 2.32. The second-order valence-electron chi connectivity index (χ2n) is 4.89. The molecule has 0 aliphatic carbocycles. The van der Waals surface area contributed by atoms with Crippen LogP contribution in [0, 0.1) is 0 Å². The SMILES string of the molecule is CCCCC(C)(C)ON1C(=O)CCCC1=O. The Morgan fingerprint density at radius 2 is 1.81 bits per heavy atom. The first-order valence-electron chi connectivity index (χ1n) is 6.01. The van der Waals surface area contributed by atoms with E-state index in [1.807, 2.05) is 13.8 Å². The van der Waals surface area contributed by atoms with Gasteiger partial charge in [0.25, 0.3) is 11.8 Å². The van der Waals surface area contributed by atoms with Gasteiger partial charge < -0.3 is 0 Å². The van der Waals surface area contributed by atoms with Crippen LogP contribution >= 0.6 is 0 Å². The third-order valence-corrected chi connectivity index (χ3v) is 2.71. The standard InChI is InChI=1S/C12H21NO3/c1-4-5-9-12(2,3)16-13-10(14)7-6-8-11(13)15/h4-9H2,1-3H3. The molecule has 0 aromatic heterocycles. The van der Waals surface area contributed by atoms with Gasteiger partial charge in [-0.05, 0) is 26.7 Å². The van der Waals surface area contributed by atoms with Crippen molar-refractivity contribution in [1.29, 1.82) is 0 Å². The van der Waals surface area contributed by atoms with E-state index in [0.717, 1.165) is 24.3 Å². The minimum absolute atomic E-state index is 0.208. The molecule has 1 rings (SSSR count). The first-order valence-corrected chi connectivity index (χ1v) is 6.01. The Bertz CT molecular complexity index is 257. The van der Waals surface area contributed by atoms with E-state index in [1.165, 1.54) is 0 Å². The summed E-state index contributed by atoms with van der Waals surface area (Å²) in [5, 5.41) is 0.971. The molecular formula is C12H21NO3. The Morgan fingerprint density at radius 1 is 1.25 bits per heavy atom. The molecule has 4 heteroatoms. The molecule has 1 heterocycles. The summed E-state index contributed by atoms with van der Waals surface area (Å²) >= 11 is 0. The van der Waals surface area contributed by atoms with Crippen LogP contribution in [0.4, 0.5) is 0 Å². The zero-order valence-corrected chi connectivity index (χ0v) is 10.4. The second kappa shape index (κ2) is 5.43. The number of rotatable bonds is 5. The van der Waals surface area contributed by atoms with Crippen molar-refractivity contribution < 1.29 is 14.4 Å². The molecule has 0 aromatic carbocycles. The molecule has 0 aromatic rings. The molecule has 1 fully saturated rings. The maximum Gasteiger partial charge on any atom is 0.253 e. The van der Waals surface area contributed by atoms with E-state index >= 15 is 0 Å². The number of nitrogens with zero attached hydrogens (tertiary/aromatic N) is 1. The predicted molar refractivity (Wildman–Crippen MR) is 60.4 cm³/mol. The Morgan fingerprint density at radius 3 is 2.31 bits per heavy atom. The van der Waals surface area contributed by atoms with Gasteiger partial charge in [-0.15, -0.1) is 0 Å². The van der Waals surface area contributed by atoms with Gasteiger partial charge >= 0.3 is 0 Å². The van der Waals surface area contributed by atoms with Crippen molar-refractivity contribution in [2.45, 2.75) is 64.9 Å². The molecule has 0 radical (unpaired) electrons. The fourth-order valence-corrected chi connectivity index (χ4v) is 1.73. The zero-order chi connectivity index (χ0) is 12.2. The van der Waals surface area contributed by atoms with Crippen molar-refractivity contribution in [2.75, 3.05) is 0 Å². The Kier molecular flexibility index (Phi) is 4.47. The van der Waals surface area contributed by atoms with Crippen molar-refractivity contribution in [3.63, 3.8) is 0 Å². The van der Waals surface area contributed by atoms with Crippen LogP contribution in [0.25, 0.3) is 0 Å². The van der Waals surface area contributed by atoms with E-state index in [2.05, 4.69) is 6.92 Å². The molecule has 16 heavy (non-hydrogen) atoms. The molecule has 0 unspecified atom stereocenters. The Labute approximate surface area is 96.9 Å². The first-order chi connectivity index (χ1) is 7.46. The summed E-state index contributed by atoms with van der Waals surface area (Å²) in [6.45, 7) is 5.93. The summed E-state index contributed by atoms with van der Waals surface area (Å²) in [5.74, 6) is -0.415. The van der Waals surface area contributed by atoms with Crippen molar-refractivity contribution in [2.24, 2.45) is 0 Å². The van der Waals surface area contributed by atoms with Gasteiger partial charge in [0.15, 0.2) is 0 Å². The van der Waals surface area contributed by atoms with Crippen LogP contribution in [0.1, 0.15) is 59.3 Å². The molecule has 0 N–H and O–H groups in total. The lowest BCUT2D eigenvalue weighted by atomic mass is 10.0. The molecule has 0 saturated carbocycles. The van der Waals surface area contributed by atoms with Gasteiger partial charge in [0.1, 0.15) is 0 Å². The maximum absolute atomic E-state index is 11.5. The molecule has 4 nitrogen and oxygen atoms in total. The Hall–Kier alpha value is -0.900. The highest BCUT2D eigenvalue weighted by Crippen LogP contribution is 2.23. The van der Waals surface area contributed by atoms with Crippen LogP contribution in [0.2, 0.25) is 0 Å². The number of imide groups is 1. The lowest BCUT2D eigenvalue weighted by Gasteiger charge is -2.32. The van der Waals surface area contributed by atoms with Crippen molar-refractivity contribution in [1.82, 2.24) is 5.06 Å². The zero-order valence-electron chi connectivity index (χ0n) is 10.4. The summed E-state index contributed by atoms with van der Waals surface area (Å²) in [6, 6.07) is 0. The average molecular weight is 227 g/mol. The molecule has 1 saturated heterocycles. The number of amides is 2. The van der Waals surface area contributed by atoms with Crippen molar-refractivity contribution in [3.8, 4) is 0 Å². The van der Waals surface area contributed by atoms with Gasteiger partial charge in [-0.3, -0.25) is 14.4 Å². The molecule has 1 aliphatic heterocycles. The number of carbonyl (C=O) groups is 2. The van der Waals surface area contributed by atoms with Gasteiger partial charge in [0.2, 0.25) is 0 Å². The lowest BCUT2D eigenvalue weighted by molar-refractivity contribution is -0.234. The normalized spacial score (nSPS) is 18.1. The van der Waals surface area contributed by atoms with E-state index in [1.54, 1.807) is 0 Å². The minimum atomic E-state index is -0.446. The van der Waals surface area contributed by atoms with Crippen LogP contribution in [0.15, 0.2) is 0 Å². The summed E-state index contributed by atoms with van der Waals surface area (Å²) < 4.78 is 0. The number of hydrogen-bond acceptors (Lipinski definition) is 3. The van der Waals surface area contributed by atoms with E-state index in [0.29, 0.717) is 19.3 Å². The van der Waals surface area contributed by atoms with Crippen LogP contribution in [-0.2, 0) is 14.4 Å². The molecule has 1 aliphatic rings. The van der Waals surface area contributed by atoms with Crippen LogP contribution in [0.3, 0.4) is 0 Å². The highest BCUT2D eigenvalue weighted by atomic mass is 16.7. The number of piperidine rings is 1. The fraction of sp³-hybridized carbons (Fsp3) is 0.833. The number of hydroxylamine groups is 2.